The van der Waals surface area contributed by atoms with Crippen molar-refractivity contribution < 1.29 is 13.2 Å². The van der Waals surface area contributed by atoms with E-state index in [0.29, 0.717) is 5.56 Å². The molecule has 0 aliphatic rings. The fourth-order valence-corrected chi connectivity index (χ4v) is 2.05. The van der Waals surface area contributed by atoms with Crippen LogP contribution in [0.15, 0.2) is 42.5 Å². The maximum absolute atomic E-state index is 13.7. The normalized spacial score (nSPS) is 12.4. The first-order valence-electron chi connectivity index (χ1n) is 5.98. The van der Waals surface area contributed by atoms with E-state index in [4.69, 9.17) is 0 Å². The van der Waals surface area contributed by atoms with Crippen LogP contribution in [0.4, 0.5) is 13.2 Å². The highest BCUT2D eigenvalue weighted by atomic mass is 19.2. The van der Waals surface area contributed by atoms with Crippen molar-refractivity contribution in [3.63, 3.8) is 0 Å². The summed E-state index contributed by atoms with van der Waals surface area (Å²) in [6, 6.07) is 9.90. The van der Waals surface area contributed by atoms with Gasteiger partial charge in [-0.3, -0.25) is 0 Å². The zero-order valence-corrected chi connectivity index (χ0v) is 10.5. The summed E-state index contributed by atoms with van der Waals surface area (Å²) in [6.07, 6.45) is 0.182. The van der Waals surface area contributed by atoms with Crippen LogP contribution >= 0.6 is 0 Å². The number of halogens is 3. The molecule has 2 aromatic rings. The number of hydrogen-bond donors (Lipinski definition) is 1. The summed E-state index contributed by atoms with van der Waals surface area (Å²) < 4.78 is 40.5. The van der Waals surface area contributed by atoms with Crippen LogP contribution in [0.1, 0.15) is 17.2 Å². The highest BCUT2D eigenvalue weighted by Gasteiger charge is 2.17. The van der Waals surface area contributed by atoms with Gasteiger partial charge in [-0.15, -0.1) is 0 Å². The largest absolute Gasteiger partial charge is 0.313 e. The van der Waals surface area contributed by atoms with E-state index in [1.165, 1.54) is 18.2 Å². The molecule has 0 saturated heterocycles. The number of nitrogens with one attached hydrogen (secondary N) is 1. The smallest absolute Gasteiger partial charge is 0.162 e. The average Bonchev–Trinajstić information content (AvgIpc) is 2.41. The topological polar surface area (TPSA) is 12.0 Å². The van der Waals surface area contributed by atoms with Crippen LogP contribution in [0.5, 0.6) is 0 Å². The summed E-state index contributed by atoms with van der Waals surface area (Å²) in [5, 5.41) is 2.93. The van der Waals surface area contributed by atoms with E-state index in [1.54, 1.807) is 25.2 Å². The summed E-state index contributed by atoms with van der Waals surface area (Å²) in [4.78, 5) is 0. The third-order valence-electron chi connectivity index (χ3n) is 3.08. The predicted molar refractivity (Wildman–Crippen MR) is 68.3 cm³/mol. The van der Waals surface area contributed by atoms with E-state index in [2.05, 4.69) is 5.32 Å². The molecular formula is C15H14F3N. The number of likely N-dealkylation sites (N-methyl/N-ethyl adjacent to an activating group) is 1. The van der Waals surface area contributed by atoms with Crippen LogP contribution in [0.2, 0.25) is 0 Å². The predicted octanol–water partition coefficient (Wildman–Crippen LogP) is 3.61. The highest BCUT2D eigenvalue weighted by Crippen LogP contribution is 2.23. The Labute approximate surface area is 110 Å². The van der Waals surface area contributed by atoms with E-state index >= 15 is 0 Å². The first kappa shape index (κ1) is 13.6. The quantitative estimate of drug-likeness (QED) is 0.890. The second kappa shape index (κ2) is 5.89. The zero-order chi connectivity index (χ0) is 13.8. The molecule has 100 valence electrons. The molecule has 19 heavy (non-hydrogen) atoms. The van der Waals surface area contributed by atoms with E-state index in [9.17, 15) is 13.2 Å². The average molecular weight is 265 g/mol. The fourth-order valence-electron chi connectivity index (χ4n) is 2.05. The van der Waals surface area contributed by atoms with Crippen LogP contribution < -0.4 is 5.32 Å². The van der Waals surface area contributed by atoms with Gasteiger partial charge in [-0.2, -0.15) is 0 Å². The van der Waals surface area contributed by atoms with Gasteiger partial charge in [-0.25, -0.2) is 13.2 Å². The molecule has 0 spiro atoms. The molecule has 0 fully saturated rings. The Hall–Kier alpha value is -1.81. The van der Waals surface area contributed by atoms with Gasteiger partial charge in [0.05, 0.1) is 0 Å². The lowest BCUT2D eigenvalue weighted by Gasteiger charge is -2.17. The molecule has 1 N–H and O–H groups in total. The molecule has 0 aromatic heterocycles. The zero-order valence-electron chi connectivity index (χ0n) is 10.5. The molecule has 0 saturated carbocycles. The SMILES string of the molecule is CNC(Cc1cccc(F)c1F)c1ccccc1F. The third kappa shape index (κ3) is 2.96. The summed E-state index contributed by atoms with van der Waals surface area (Å²) in [7, 11) is 1.66. The van der Waals surface area contributed by atoms with Gasteiger partial charge < -0.3 is 5.32 Å². The first-order chi connectivity index (χ1) is 9.13. The van der Waals surface area contributed by atoms with Gasteiger partial charge in [0, 0.05) is 11.6 Å². The third-order valence-corrected chi connectivity index (χ3v) is 3.08. The van der Waals surface area contributed by atoms with Gasteiger partial charge in [0.25, 0.3) is 0 Å². The Morgan fingerprint density at radius 3 is 2.32 bits per heavy atom. The summed E-state index contributed by atoms with van der Waals surface area (Å²) in [5.41, 5.74) is 0.663. The molecule has 0 amide bonds. The maximum atomic E-state index is 13.7. The lowest BCUT2D eigenvalue weighted by atomic mass is 9.98. The molecule has 2 rings (SSSR count). The molecule has 0 aliphatic heterocycles. The fraction of sp³-hybridized carbons (Fsp3) is 0.200. The molecule has 0 bridgehead atoms. The van der Waals surface area contributed by atoms with Crippen LogP contribution in [0, 0.1) is 17.5 Å². The Morgan fingerprint density at radius 1 is 0.947 bits per heavy atom. The first-order valence-corrected chi connectivity index (χ1v) is 5.98. The second-order valence-electron chi connectivity index (χ2n) is 4.28. The van der Waals surface area contributed by atoms with Gasteiger partial charge in [0.2, 0.25) is 0 Å². The molecule has 4 heteroatoms. The van der Waals surface area contributed by atoms with Crippen molar-refractivity contribution >= 4 is 0 Å². The molecule has 1 atom stereocenters. The Morgan fingerprint density at radius 2 is 1.63 bits per heavy atom. The van der Waals surface area contributed by atoms with E-state index in [1.807, 2.05) is 0 Å². The van der Waals surface area contributed by atoms with E-state index in [-0.39, 0.29) is 17.8 Å². The molecule has 2 aromatic carbocycles. The Kier molecular flexibility index (Phi) is 4.22. The Balaban J connectivity index is 2.30. The van der Waals surface area contributed by atoms with Crippen molar-refractivity contribution in [2.75, 3.05) is 7.05 Å². The highest BCUT2D eigenvalue weighted by molar-refractivity contribution is 5.26. The van der Waals surface area contributed by atoms with Crippen LogP contribution in [-0.4, -0.2) is 7.05 Å². The van der Waals surface area contributed by atoms with Crippen molar-refractivity contribution in [1.82, 2.24) is 5.32 Å². The van der Waals surface area contributed by atoms with Crippen molar-refractivity contribution in [2.45, 2.75) is 12.5 Å². The van der Waals surface area contributed by atoms with E-state index in [0.717, 1.165) is 6.07 Å². The van der Waals surface area contributed by atoms with Crippen molar-refractivity contribution in [2.24, 2.45) is 0 Å². The number of hydrogen-bond acceptors (Lipinski definition) is 1. The molecule has 1 unspecified atom stereocenters. The number of rotatable bonds is 4. The van der Waals surface area contributed by atoms with Gasteiger partial charge >= 0.3 is 0 Å². The minimum atomic E-state index is -0.888. The lowest BCUT2D eigenvalue weighted by molar-refractivity contribution is 0.481. The molecule has 0 radical (unpaired) electrons. The van der Waals surface area contributed by atoms with Crippen LogP contribution in [0.25, 0.3) is 0 Å². The number of benzene rings is 2. The molecular weight excluding hydrogens is 251 g/mol. The summed E-state index contributed by atoms with van der Waals surface area (Å²) >= 11 is 0. The van der Waals surface area contributed by atoms with Crippen molar-refractivity contribution in [1.29, 1.82) is 0 Å². The van der Waals surface area contributed by atoms with Gasteiger partial charge in [0.1, 0.15) is 5.82 Å². The molecule has 0 aliphatic carbocycles. The van der Waals surface area contributed by atoms with Crippen molar-refractivity contribution in [3.8, 4) is 0 Å². The van der Waals surface area contributed by atoms with Gasteiger partial charge in [-0.1, -0.05) is 30.3 Å². The summed E-state index contributed by atoms with van der Waals surface area (Å²) in [6.45, 7) is 0. The van der Waals surface area contributed by atoms with Crippen molar-refractivity contribution in [3.05, 3.63) is 71.0 Å². The lowest BCUT2D eigenvalue weighted by Crippen LogP contribution is -2.20. The van der Waals surface area contributed by atoms with Crippen LogP contribution in [-0.2, 0) is 6.42 Å². The second-order valence-corrected chi connectivity index (χ2v) is 4.28. The molecule has 1 nitrogen and oxygen atoms in total. The molecule has 0 heterocycles. The van der Waals surface area contributed by atoms with Gasteiger partial charge in [0.15, 0.2) is 11.6 Å². The standard InChI is InChI=1S/C15H14F3N/c1-19-14(11-6-2-3-7-12(11)16)9-10-5-4-8-13(17)15(10)18/h2-8,14,19H,9H2,1H3. The van der Waals surface area contributed by atoms with Gasteiger partial charge in [-0.05, 0) is 31.2 Å². The van der Waals surface area contributed by atoms with E-state index < -0.39 is 17.7 Å². The minimum absolute atomic E-state index is 0.182. The monoisotopic (exact) mass is 265 g/mol. The Bertz CT molecular complexity index is 569. The van der Waals surface area contributed by atoms with Crippen LogP contribution in [0.3, 0.4) is 0 Å². The summed E-state index contributed by atoms with van der Waals surface area (Å²) in [5.74, 6) is -2.13. The maximum Gasteiger partial charge on any atom is 0.162 e. The minimum Gasteiger partial charge on any atom is -0.313 e.